The lowest BCUT2D eigenvalue weighted by molar-refractivity contribution is 0.368. The molecule has 0 spiro atoms. The second kappa shape index (κ2) is 6.40. The van der Waals surface area contributed by atoms with Crippen molar-refractivity contribution in [2.24, 2.45) is 0 Å². The largest absolute Gasteiger partial charge is 0.479 e. The molecular formula is C15H17N3OS. The number of nitrogens with zero attached hydrogens (tertiary/aromatic N) is 2. The molecule has 1 aromatic heterocycles. The highest BCUT2D eigenvalue weighted by Crippen LogP contribution is 2.28. The zero-order chi connectivity index (χ0) is 14.5. The van der Waals surface area contributed by atoms with Gasteiger partial charge in [0.1, 0.15) is 11.8 Å². The molecule has 104 valence electrons. The van der Waals surface area contributed by atoms with E-state index in [0.717, 1.165) is 16.4 Å². The average molecular weight is 287 g/mol. The lowest BCUT2D eigenvalue weighted by Crippen LogP contribution is -2.06. The third kappa shape index (κ3) is 3.49. The molecule has 5 heteroatoms. The van der Waals surface area contributed by atoms with Crippen molar-refractivity contribution in [3.05, 3.63) is 39.8 Å². The molecule has 2 aromatic rings. The van der Waals surface area contributed by atoms with Crippen LogP contribution in [-0.2, 0) is 0 Å². The lowest BCUT2D eigenvalue weighted by atomic mass is 10.2. The van der Waals surface area contributed by atoms with Crippen LogP contribution in [0.25, 0.3) is 0 Å². The zero-order valence-electron chi connectivity index (χ0n) is 11.8. The minimum Gasteiger partial charge on any atom is -0.479 e. The number of anilines is 1. The van der Waals surface area contributed by atoms with Crippen molar-refractivity contribution in [1.29, 1.82) is 5.26 Å². The summed E-state index contributed by atoms with van der Waals surface area (Å²) in [5, 5.41) is 13.0. The molecule has 20 heavy (non-hydrogen) atoms. The van der Waals surface area contributed by atoms with Gasteiger partial charge in [-0.3, -0.25) is 0 Å². The van der Waals surface area contributed by atoms with Gasteiger partial charge in [0.15, 0.2) is 6.61 Å². The van der Waals surface area contributed by atoms with Crippen LogP contribution in [0.1, 0.15) is 28.5 Å². The molecule has 1 atom stereocenters. The van der Waals surface area contributed by atoms with Crippen LogP contribution < -0.4 is 10.1 Å². The maximum absolute atomic E-state index is 8.53. The van der Waals surface area contributed by atoms with Crippen molar-refractivity contribution in [1.82, 2.24) is 4.98 Å². The number of ether oxygens (including phenoxy) is 1. The minimum absolute atomic E-state index is 0.0617. The molecule has 0 amide bonds. The summed E-state index contributed by atoms with van der Waals surface area (Å²) in [5.41, 5.74) is 2.04. The number of nitrogens with one attached hydrogen (secondary N) is 1. The SMILES string of the molecule is Cc1nc(C)c(C(C)Nc2cccc(OCC#N)c2)s1. The van der Waals surface area contributed by atoms with Gasteiger partial charge in [-0.2, -0.15) is 5.26 Å². The maximum Gasteiger partial charge on any atom is 0.174 e. The van der Waals surface area contributed by atoms with E-state index < -0.39 is 0 Å². The number of hydrogen-bond acceptors (Lipinski definition) is 5. The van der Waals surface area contributed by atoms with Crippen LogP contribution in [0.5, 0.6) is 5.75 Å². The lowest BCUT2D eigenvalue weighted by Gasteiger charge is -2.15. The summed E-state index contributed by atoms with van der Waals surface area (Å²) < 4.78 is 5.30. The van der Waals surface area contributed by atoms with Gasteiger partial charge in [0.25, 0.3) is 0 Å². The van der Waals surface area contributed by atoms with Crippen LogP contribution in [0, 0.1) is 25.2 Å². The van der Waals surface area contributed by atoms with Crippen molar-refractivity contribution in [2.45, 2.75) is 26.8 Å². The molecule has 1 aromatic carbocycles. The van der Waals surface area contributed by atoms with Gasteiger partial charge in [-0.05, 0) is 32.9 Å². The van der Waals surface area contributed by atoms with Gasteiger partial charge in [-0.1, -0.05) is 6.07 Å². The summed E-state index contributed by atoms with van der Waals surface area (Å²) in [6.07, 6.45) is 0. The third-order valence-electron chi connectivity index (χ3n) is 2.85. The Bertz CT molecular complexity index is 630. The van der Waals surface area contributed by atoms with E-state index in [1.54, 1.807) is 11.3 Å². The fraction of sp³-hybridized carbons (Fsp3) is 0.333. The Labute approximate surface area is 123 Å². The zero-order valence-corrected chi connectivity index (χ0v) is 12.6. The van der Waals surface area contributed by atoms with Gasteiger partial charge in [0.05, 0.1) is 16.7 Å². The molecule has 0 fully saturated rings. The Morgan fingerprint density at radius 3 is 2.90 bits per heavy atom. The fourth-order valence-electron chi connectivity index (χ4n) is 2.06. The van der Waals surface area contributed by atoms with Crippen LogP contribution >= 0.6 is 11.3 Å². The summed E-state index contributed by atoms with van der Waals surface area (Å²) in [6, 6.07) is 9.79. The number of benzene rings is 1. The molecule has 0 saturated carbocycles. The summed E-state index contributed by atoms with van der Waals surface area (Å²) >= 11 is 1.71. The van der Waals surface area contributed by atoms with E-state index in [0.29, 0.717) is 5.75 Å². The monoisotopic (exact) mass is 287 g/mol. The first-order chi connectivity index (χ1) is 9.60. The highest BCUT2D eigenvalue weighted by Gasteiger charge is 2.12. The fourth-order valence-corrected chi connectivity index (χ4v) is 2.99. The molecule has 1 N–H and O–H groups in total. The van der Waals surface area contributed by atoms with Crippen molar-refractivity contribution in [3.63, 3.8) is 0 Å². The van der Waals surface area contributed by atoms with E-state index in [4.69, 9.17) is 10.00 Å². The quantitative estimate of drug-likeness (QED) is 0.907. The predicted molar refractivity (Wildman–Crippen MR) is 81.2 cm³/mol. The van der Waals surface area contributed by atoms with Gasteiger partial charge in [0.2, 0.25) is 0 Å². The molecule has 0 saturated heterocycles. The highest BCUT2D eigenvalue weighted by molar-refractivity contribution is 7.11. The molecular weight excluding hydrogens is 270 g/mol. The van der Waals surface area contributed by atoms with Crippen LogP contribution in [0.15, 0.2) is 24.3 Å². The number of rotatable bonds is 5. The third-order valence-corrected chi connectivity index (χ3v) is 4.11. The van der Waals surface area contributed by atoms with Gasteiger partial charge in [-0.25, -0.2) is 4.98 Å². The van der Waals surface area contributed by atoms with Crippen molar-refractivity contribution in [3.8, 4) is 11.8 Å². The second-order valence-corrected chi connectivity index (χ2v) is 5.76. The van der Waals surface area contributed by atoms with Crippen LogP contribution in [0.3, 0.4) is 0 Å². The number of thiazole rings is 1. The number of aryl methyl sites for hydroxylation is 2. The molecule has 0 radical (unpaired) electrons. The number of nitriles is 1. The van der Waals surface area contributed by atoms with Gasteiger partial charge < -0.3 is 10.1 Å². The van der Waals surface area contributed by atoms with Gasteiger partial charge >= 0.3 is 0 Å². The molecule has 0 aliphatic rings. The predicted octanol–water partition coefficient (Wildman–Crippen LogP) is 3.84. The van der Waals surface area contributed by atoms with E-state index in [1.165, 1.54) is 4.88 Å². The normalized spacial score (nSPS) is 11.7. The van der Waals surface area contributed by atoms with Gasteiger partial charge in [-0.15, -0.1) is 11.3 Å². The molecule has 2 rings (SSSR count). The average Bonchev–Trinajstić information content (AvgIpc) is 2.76. The van der Waals surface area contributed by atoms with Crippen LogP contribution in [-0.4, -0.2) is 11.6 Å². The molecule has 1 unspecified atom stereocenters. The molecule has 0 aliphatic carbocycles. The van der Waals surface area contributed by atoms with Crippen LogP contribution in [0.2, 0.25) is 0 Å². The van der Waals surface area contributed by atoms with E-state index >= 15 is 0 Å². The van der Waals surface area contributed by atoms with Crippen LogP contribution in [0.4, 0.5) is 5.69 Å². The molecule has 0 bridgehead atoms. The standard InChI is InChI=1S/C15H17N3OS/c1-10-15(20-12(3)17-10)11(2)18-13-5-4-6-14(9-13)19-8-7-16/h4-6,9,11,18H,8H2,1-3H3. The Kier molecular flexibility index (Phi) is 4.59. The Balaban J connectivity index is 2.09. The first-order valence-electron chi connectivity index (χ1n) is 6.40. The summed E-state index contributed by atoms with van der Waals surface area (Å²) in [5.74, 6) is 0.695. The number of hydrogen-bond donors (Lipinski definition) is 1. The Morgan fingerprint density at radius 2 is 2.25 bits per heavy atom. The summed E-state index contributed by atoms with van der Waals surface area (Å²) in [4.78, 5) is 5.69. The number of aromatic nitrogens is 1. The first-order valence-corrected chi connectivity index (χ1v) is 7.22. The summed E-state index contributed by atoms with van der Waals surface area (Å²) in [6.45, 7) is 6.22. The highest BCUT2D eigenvalue weighted by atomic mass is 32.1. The van der Waals surface area contributed by atoms with E-state index in [-0.39, 0.29) is 12.6 Å². The van der Waals surface area contributed by atoms with E-state index in [9.17, 15) is 0 Å². The minimum atomic E-state index is 0.0617. The summed E-state index contributed by atoms with van der Waals surface area (Å²) in [7, 11) is 0. The van der Waals surface area contributed by atoms with Crippen molar-refractivity contribution in [2.75, 3.05) is 11.9 Å². The van der Waals surface area contributed by atoms with Gasteiger partial charge in [0, 0.05) is 16.6 Å². The van der Waals surface area contributed by atoms with Crippen molar-refractivity contribution < 1.29 is 4.74 Å². The van der Waals surface area contributed by atoms with Crippen molar-refractivity contribution >= 4 is 17.0 Å². The molecule has 0 aliphatic heterocycles. The first kappa shape index (κ1) is 14.4. The second-order valence-electron chi connectivity index (χ2n) is 4.52. The Hall–Kier alpha value is -2.06. The van der Waals surface area contributed by atoms with E-state index in [1.807, 2.05) is 44.2 Å². The molecule has 4 nitrogen and oxygen atoms in total. The topological polar surface area (TPSA) is 57.9 Å². The molecule has 1 heterocycles. The Morgan fingerprint density at radius 1 is 1.45 bits per heavy atom. The van der Waals surface area contributed by atoms with E-state index in [2.05, 4.69) is 17.2 Å². The smallest absolute Gasteiger partial charge is 0.174 e. The maximum atomic E-state index is 8.53.